The van der Waals surface area contributed by atoms with Gasteiger partial charge in [0.15, 0.2) is 0 Å². The van der Waals surface area contributed by atoms with E-state index in [9.17, 15) is 9.90 Å². The van der Waals surface area contributed by atoms with Crippen molar-refractivity contribution < 1.29 is 19.1 Å². The zero-order valence-corrected chi connectivity index (χ0v) is 18.3. The summed E-state index contributed by atoms with van der Waals surface area (Å²) in [6, 6.07) is 0. The van der Waals surface area contributed by atoms with Crippen LogP contribution in [0.4, 0.5) is 0 Å². The Bertz CT molecular complexity index is 339. The van der Waals surface area contributed by atoms with Crippen molar-refractivity contribution >= 4 is 5.97 Å². The van der Waals surface area contributed by atoms with Crippen molar-refractivity contribution in [1.29, 1.82) is 0 Å². The Hall–Kier alpha value is -0.610. The maximum Gasteiger partial charge on any atom is 0.309 e. The molecule has 2 unspecified atom stereocenters. The molecule has 1 N–H and O–H groups in total. The van der Waals surface area contributed by atoms with Gasteiger partial charge in [-0.3, -0.25) is 4.79 Å². The van der Waals surface area contributed by atoms with Crippen LogP contribution in [0.2, 0.25) is 0 Å². The first-order chi connectivity index (χ1) is 12.3. The van der Waals surface area contributed by atoms with Gasteiger partial charge in [0.1, 0.15) is 19.3 Å². The van der Waals surface area contributed by atoms with Gasteiger partial charge in [-0.2, -0.15) is 0 Å². The summed E-state index contributed by atoms with van der Waals surface area (Å²) in [6.07, 6.45) is 13.5. The zero-order chi connectivity index (χ0) is 19.8. The van der Waals surface area contributed by atoms with Gasteiger partial charge < -0.3 is 14.3 Å². The van der Waals surface area contributed by atoms with Gasteiger partial charge in [-0.1, -0.05) is 78.1 Å². The third-order valence-electron chi connectivity index (χ3n) is 4.82. The first kappa shape index (κ1) is 25.4. The van der Waals surface area contributed by atoms with E-state index in [4.69, 9.17) is 4.74 Å². The molecule has 0 fully saturated rings. The number of esters is 1. The topological polar surface area (TPSA) is 46.5 Å². The lowest BCUT2D eigenvalue weighted by atomic mass is 9.94. The highest BCUT2D eigenvalue weighted by Gasteiger charge is 2.22. The number of unbranched alkanes of at least 4 members (excludes halogenated alkanes) is 8. The highest BCUT2D eigenvalue weighted by atomic mass is 16.5. The minimum absolute atomic E-state index is 0.00866. The van der Waals surface area contributed by atoms with Crippen molar-refractivity contribution in [1.82, 2.24) is 0 Å². The molecule has 26 heavy (non-hydrogen) atoms. The van der Waals surface area contributed by atoms with Crippen LogP contribution in [0, 0.1) is 5.92 Å². The van der Waals surface area contributed by atoms with Crippen LogP contribution in [-0.4, -0.2) is 56.0 Å². The standard InChI is InChI=1S/C22H46NO3/c1-6-8-10-12-13-15-17-20(16-14-11-9-7-2)22(25)26-19-21(24)18-23(3,4)5/h20-21,24H,6-19H2,1-5H3/q+1. The maximum atomic E-state index is 12.5. The minimum Gasteiger partial charge on any atom is -0.462 e. The second kappa shape index (κ2) is 15.4. The highest BCUT2D eigenvalue weighted by molar-refractivity contribution is 5.72. The Morgan fingerprint density at radius 2 is 1.31 bits per heavy atom. The molecule has 0 saturated carbocycles. The molecule has 0 aromatic rings. The summed E-state index contributed by atoms with van der Waals surface area (Å²) in [7, 11) is 6.08. The molecule has 156 valence electrons. The van der Waals surface area contributed by atoms with Crippen LogP contribution >= 0.6 is 0 Å². The molecule has 2 atom stereocenters. The van der Waals surface area contributed by atoms with Gasteiger partial charge in [0, 0.05) is 0 Å². The van der Waals surface area contributed by atoms with Crippen molar-refractivity contribution in [3.8, 4) is 0 Å². The SMILES string of the molecule is CCCCCCCCC(CCCCCC)C(=O)OCC(O)C[N+](C)(C)C. The van der Waals surface area contributed by atoms with Crippen molar-refractivity contribution in [3.63, 3.8) is 0 Å². The summed E-state index contributed by atoms with van der Waals surface area (Å²) < 4.78 is 6.13. The summed E-state index contributed by atoms with van der Waals surface area (Å²) in [5, 5.41) is 10.1. The van der Waals surface area contributed by atoms with Crippen LogP contribution in [0.1, 0.15) is 90.9 Å². The van der Waals surface area contributed by atoms with Crippen molar-refractivity contribution in [2.45, 2.75) is 97.0 Å². The van der Waals surface area contributed by atoms with Gasteiger partial charge >= 0.3 is 5.97 Å². The van der Waals surface area contributed by atoms with E-state index in [2.05, 4.69) is 13.8 Å². The van der Waals surface area contributed by atoms with E-state index in [0.717, 1.165) is 25.7 Å². The number of aliphatic hydroxyl groups is 1. The number of likely N-dealkylation sites (N-methyl/N-ethyl adjacent to an activating group) is 1. The third kappa shape index (κ3) is 15.6. The Balaban J connectivity index is 4.26. The highest BCUT2D eigenvalue weighted by Crippen LogP contribution is 2.20. The predicted molar refractivity (Wildman–Crippen MR) is 110 cm³/mol. The molecule has 0 radical (unpaired) electrons. The van der Waals surface area contributed by atoms with E-state index in [-0.39, 0.29) is 18.5 Å². The zero-order valence-electron chi connectivity index (χ0n) is 18.3. The second-order valence-corrected chi connectivity index (χ2v) is 8.86. The molecule has 0 aliphatic heterocycles. The predicted octanol–water partition coefficient (Wildman–Crippen LogP) is 4.93. The first-order valence-electron chi connectivity index (χ1n) is 10.9. The number of carbonyl (C=O) groups excluding carboxylic acids is 1. The second-order valence-electron chi connectivity index (χ2n) is 8.86. The fourth-order valence-electron chi connectivity index (χ4n) is 3.35. The first-order valence-corrected chi connectivity index (χ1v) is 10.9. The number of quaternary nitrogens is 1. The molecule has 0 bridgehead atoms. The molecular weight excluding hydrogens is 326 g/mol. The lowest BCUT2D eigenvalue weighted by Gasteiger charge is -2.26. The van der Waals surface area contributed by atoms with Gasteiger partial charge in [0.2, 0.25) is 0 Å². The van der Waals surface area contributed by atoms with Gasteiger partial charge in [-0.25, -0.2) is 0 Å². The monoisotopic (exact) mass is 372 g/mol. The molecule has 0 saturated heterocycles. The molecule has 0 heterocycles. The van der Waals surface area contributed by atoms with Gasteiger partial charge in [0.05, 0.1) is 27.1 Å². The van der Waals surface area contributed by atoms with Crippen LogP contribution in [0.5, 0.6) is 0 Å². The third-order valence-corrected chi connectivity index (χ3v) is 4.82. The van der Waals surface area contributed by atoms with Crippen LogP contribution in [0.3, 0.4) is 0 Å². The summed E-state index contributed by atoms with van der Waals surface area (Å²) >= 11 is 0. The molecule has 4 nitrogen and oxygen atoms in total. The molecule has 0 aromatic carbocycles. The van der Waals surface area contributed by atoms with E-state index in [1.54, 1.807) is 0 Å². The molecule has 0 aliphatic rings. The molecule has 0 aromatic heterocycles. The molecule has 0 aliphatic carbocycles. The number of aliphatic hydroxyl groups excluding tert-OH is 1. The summed E-state index contributed by atoms with van der Waals surface area (Å²) in [4.78, 5) is 12.5. The van der Waals surface area contributed by atoms with Gasteiger partial charge in [-0.05, 0) is 12.8 Å². The van der Waals surface area contributed by atoms with Crippen LogP contribution in [0.25, 0.3) is 0 Å². The summed E-state index contributed by atoms with van der Waals surface area (Å²) in [6.45, 7) is 5.15. The lowest BCUT2D eigenvalue weighted by molar-refractivity contribution is -0.873. The van der Waals surface area contributed by atoms with Crippen LogP contribution in [0.15, 0.2) is 0 Å². The normalized spacial score (nSPS) is 14.2. The fourth-order valence-corrected chi connectivity index (χ4v) is 3.35. The van der Waals surface area contributed by atoms with E-state index < -0.39 is 6.10 Å². The molecule has 4 heteroatoms. The van der Waals surface area contributed by atoms with E-state index in [0.29, 0.717) is 11.0 Å². The summed E-state index contributed by atoms with van der Waals surface area (Å²) in [5.41, 5.74) is 0. The largest absolute Gasteiger partial charge is 0.462 e. The Morgan fingerprint density at radius 1 is 0.846 bits per heavy atom. The Labute approximate surface area is 162 Å². The number of hydrogen-bond acceptors (Lipinski definition) is 3. The van der Waals surface area contributed by atoms with Crippen molar-refractivity contribution in [2.24, 2.45) is 5.92 Å². The molecule has 0 rings (SSSR count). The molecule has 0 amide bonds. The van der Waals surface area contributed by atoms with Crippen molar-refractivity contribution in [3.05, 3.63) is 0 Å². The van der Waals surface area contributed by atoms with Crippen molar-refractivity contribution in [2.75, 3.05) is 34.3 Å². The van der Waals surface area contributed by atoms with E-state index in [1.165, 1.54) is 51.4 Å². The summed E-state index contributed by atoms with van der Waals surface area (Å²) in [5.74, 6) is -0.0927. The average molecular weight is 373 g/mol. The number of hydrogen-bond donors (Lipinski definition) is 1. The van der Waals surface area contributed by atoms with E-state index in [1.807, 2.05) is 21.1 Å². The minimum atomic E-state index is -0.589. The Morgan fingerprint density at radius 3 is 1.81 bits per heavy atom. The van der Waals surface area contributed by atoms with Gasteiger partial charge in [-0.15, -0.1) is 0 Å². The smallest absolute Gasteiger partial charge is 0.309 e. The number of ether oxygens (including phenoxy) is 1. The number of carbonyl (C=O) groups is 1. The lowest BCUT2D eigenvalue weighted by Crippen LogP contribution is -2.43. The maximum absolute atomic E-state index is 12.5. The fraction of sp³-hybridized carbons (Fsp3) is 0.955. The Kier molecular flexibility index (Phi) is 15.1. The van der Waals surface area contributed by atoms with Crippen LogP contribution in [-0.2, 0) is 9.53 Å². The number of nitrogens with zero attached hydrogens (tertiary/aromatic N) is 1. The quantitative estimate of drug-likeness (QED) is 0.224. The van der Waals surface area contributed by atoms with Crippen LogP contribution < -0.4 is 0 Å². The number of rotatable bonds is 17. The molecule has 0 spiro atoms. The molecular formula is C22H46NO3+. The average Bonchev–Trinajstić information content (AvgIpc) is 2.56. The van der Waals surface area contributed by atoms with Gasteiger partial charge in [0.25, 0.3) is 0 Å². The van der Waals surface area contributed by atoms with E-state index >= 15 is 0 Å².